The molecule has 7 nitrogen and oxygen atoms in total. The molecule has 0 radical (unpaired) electrons. The maximum atomic E-state index is 12.3. The number of nitrogens with zero attached hydrogens (tertiary/aromatic N) is 4. The van der Waals surface area contributed by atoms with E-state index >= 15 is 0 Å². The second-order valence-corrected chi connectivity index (χ2v) is 7.24. The third-order valence-electron chi connectivity index (χ3n) is 5.33. The maximum absolute atomic E-state index is 12.3. The van der Waals surface area contributed by atoms with Crippen LogP contribution in [0.2, 0.25) is 0 Å². The second kappa shape index (κ2) is 12.2. The Morgan fingerprint density at radius 1 is 1.21 bits per heavy atom. The molecule has 1 aromatic rings. The highest BCUT2D eigenvalue weighted by atomic mass is 127. The molecule has 0 aromatic carbocycles. The van der Waals surface area contributed by atoms with Gasteiger partial charge in [0.05, 0.1) is 12.2 Å². The van der Waals surface area contributed by atoms with Crippen molar-refractivity contribution in [1.82, 2.24) is 25.4 Å². The fourth-order valence-corrected chi connectivity index (χ4v) is 3.43. The van der Waals surface area contributed by atoms with Crippen molar-refractivity contribution in [2.45, 2.75) is 32.7 Å². The Balaban J connectivity index is 0.00000280. The van der Waals surface area contributed by atoms with Crippen LogP contribution >= 0.6 is 24.0 Å². The van der Waals surface area contributed by atoms with Crippen molar-refractivity contribution in [3.8, 4) is 0 Å². The average molecular weight is 500 g/mol. The van der Waals surface area contributed by atoms with Gasteiger partial charge < -0.3 is 15.5 Å². The molecule has 2 N–H and O–H groups in total. The van der Waals surface area contributed by atoms with Crippen LogP contribution < -0.4 is 10.6 Å². The Morgan fingerprint density at radius 2 is 2.00 bits per heavy atom. The molecule has 1 aromatic heterocycles. The summed E-state index contributed by atoms with van der Waals surface area (Å²) < 4.78 is 0. The number of aliphatic imine (C=N–C) groups is 1. The van der Waals surface area contributed by atoms with E-state index in [-0.39, 0.29) is 24.0 Å². The topological polar surface area (TPSA) is 72.9 Å². The van der Waals surface area contributed by atoms with E-state index in [1.165, 1.54) is 6.42 Å². The number of guanidine groups is 1. The van der Waals surface area contributed by atoms with Crippen molar-refractivity contribution in [1.29, 1.82) is 0 Å². The summed E-state index contributed by atoms with van der Waals surface area (Å²) in [6.07, 6.45) is 5.20. The molecule has 2 fully saturated rings. The average Bonchev–Trinajstić information content (AvgIpc) is 2.66. The number of piperazine rings is 1. The summed E-state index contributed by atoms with van der Waals surface area (Å²) >= 11 is 0. The maximum Gasteiger partial charge on any atom is 0.225 e. The molecular formula is C20H33IN6O. The van der Waals surface area contributed by atoms with Gasteiger partial charge in [-0.25, -0.2) is 4.99 Å². The van der Waals surface area contributed by atoms with Gasteiger partial charge in [-0.3, -0.25) is 14.7 Å². The normalized spacial score (nSPS) is 18.2. The number of aromatic nitrogens is 1. The van der Waals surface area contributed by atoms with E-state index in [9.17, 15) is 4.79 Å². The first-order valence-corrected chi connectivity index (χ1v) is 10.2. The Bertz CT molecular complexity index is 614. The fraction of sp³-hybridized carbons (Fsp3) is 0.650. The molecule has 1 aliphatic heterocycles. The zero-order valence-corrected chi connectivity index (χ0v) is 19.1. The van der Waals surface area contributed by atoms with Crippen LogP contribution in [0.3, 0.4) is 0 Å². The summed E-state index contributed by atoms with van der Waals surface area (Å²) in [4.78, 5) is 25.7. The molecule has 1 saturated carbocycles. The minimum Gasteiger partial charge on any atom is -0.357 e. The van der Waals surface area contributed by atoms with Crippen LogP contribution in [0.15, 0.2) is 29.4 Å². The highest BCUT2D eigenvalue weighted by molar-refractivity contribution is 14.0. The van der Waals surface area contributed by atoms with Gasteiger partial charge in [0.2, 0.25) is 5.91 Å². The van der Waals surface area contributed by atoms with Crippen molar-refractivity contribution in [3.05, 3.63) is 30.1 Å². The first-order valence-electron chi connectivity index (χ1n) is 10.2. The Kier molecular flexibility index (Phi) is 9.97. The summed E-state index contributed by atoms with van der Waals surface area (Å²) in [6, 6.07) is 5.88. The SMILES string of the molecule is CCNC(=NCc1ccccn1)NCCN1CCN(C(=O)C2CCC2)CC1.I. The number of pyridine rings is 1. The molecule has 156 valence electrons. The first kappa shape index (κ1) is 22.9. The summed E-state index contributed by atoms with van der Waals surface area (Å²) in [6.45, 7) is 8.91. The number of carbonyl (C=O) groups is 1. The molecule has 2 aliphatic rings. The molecule has 2 heterocycles. The van der Waals surface area contributed by atoms with Crippen LogP contribution in [0.5, 0.6) is 0 Å². The van der Waals surface area contributed by atoms with Crippen LogP contribution in [-0.4, -0.2) is 72.5 Å². The van der Waals surface area contributed by atoms with Gasteiger partial charge in [-0.15, -0.1) is 24.0 Å². The zero-order valence-electron chi connectivity index (χ0n) is 16.8. The molecule has 8 heteroatoms. The van der Waals surface area contributed by atoms with Gasteiger partial charge in [0.1, 0.15) is 0 Å². The summed E-state index contributed by atoms with van der Waals surface area (Å²) in [7, 11) is 0. The molecule has 1 saturated heterocycles. The number of halogens is 1. The van der Waals surface area contributed by atoms with E-state index < -0.39 is 0 Å². The van der Waals surface area contributed by atoms with Gasteiger partial charge >= 0.3 is 0 Å². The minimum absolute atomic E-state index is 0. The van der Waals surface area contributed by atoms with Crippen molar-refractivity contribution in [3.63, 3.8) is 0 Å². The Hall–Kier alpha value is -1.42. The third-order valence-corrected chi connectivity index (χ3v) is 5.33. The van der Waals surface area contributed by atoms with Gasteiger partial charge in [-0.2, -0.15) is 0 Å². The number of hydrogen-bond acceptors (Lipinski definition) is 4. The lowest BCUT2D eigenvalue weighted by Gasteiger charge is -2.38. The van der Waals surface area contributed by atoms with E-state index in [0.29, 0.717) is 18.4 Å². The number of nitrogens with one attached hydrogen (secondary N) is 2. The predicted molar refractivity (Wildman–Crippen MR) is 123 cm³/mol. The monoisotopic (exact) mass is 500 g/mol. The number of carbonyl (C=O) groups excluding carboxylic acids is 1. The molecule has 0 bridgehead atoms. The predicted octanol–water partition coefficient (Wildman–Crippen LogP) is 1.70. The van der Waals surface area contributed by atoms with E-state index in [1.807, 2.05) is 18.2 Å². The van der Waals surface area contributed by atoms with Crippen LogP contribution in [0.4, 0.5) is 0 Å². The third kappa shape index (κ3) is 6.88. The van der Waals surface area contributed by atoms with Gasteiger partial charge in [0.15, 0.2) is 5.96 Å². The van der Waals surface area contributed by atoms with Gasteiger partial charge in [-0.1, -0.05) is 12.5 Å². The van der Waals surface area contributed by atoms with Crippen LogP contribution in [0.1, 0.15) is 31.9 Å². The van der Waals surface area contributed by atoms with Crippen LogP contribution in [0, 0.1) is 5.92 Å². The van der Waals surface area contributed by atoms with Crippen molar-refractivity contribution >= 4 is 35.8 Å². The quantitative estimate of drug-likeness (QED) is 0.339. The summed E-state index contributed by atoms with van der Waals surface area (Å²) in [5, 5.41) is 6.68. The first-order chi connectivity index (χ1) is 13.3. The molecule has 3 rings (SSSR count). The van der Waals surface area contributed by atoms with Gasteiger partial charge in [0, 0.05) is 57.9 Å². The molecule has 1 amide bonds. The van der Waals surface area contributed by atoms with Crippen LogP contribution in [-0.2, 0) is 11.3 Å². The van der Waals surface area contributed by atoms with E-state index in [1.54, 1.807) is 6.20 Å². The zero-order chi connectivity index (χ0) is 18.9. The van der Waals surface area contributed by atoms with E-state index in [4.69, 9.17) is 0 Å². The van der Waals surface area contributed by atoms with Crippen molar-refractivity contribution in [2.24, 2.45) is 10.9 Å². The summed E-state index contributed by atoms with van der Waals surface area (Å²) in [5.74, 6) is 1.52. The van der Waals surface area contributed by atoms with Gasteiger partial charge in [-0.05, 0) is 31.9 Å². The summed E-state index contributed by atoms with van der Waals surface area (Å²) in [5.41, 5.74) is 0.960. The molecule has 0 unspecified atom stereocenters. The standard InChI is InChI=1S/C20H32N6O.HI/c1-2-21-20(24-16-18-8-3-4-9-22-18)23-10-11-25-12-14-26(15-13-25)19(27)17-6-5-7-17;/h3-4,8-9,17H,2,5-7,10-16H2,1H3,(H2,21,23,24);1H. The van der Waals surface area contributed by atoms with Crippen molar-refractivity contribution < 1.29 is 4.79 Å². The number of amides is 1. The van der Waals surface area contributed by atoms with Crippen molar-refractivity contribution in [2.75, 3.05) is 45.8 Å². The number of hydrogen-bond donors (Lipinski definition) is 2. The highest BCUT2D eigenvalue weighted by Crippen LogP contribution is 2.28. The Labute approximate surface area is 185 Å². The smallest absolute Gasteiger partial charge is 0.225 e. The van der Waals surface area contributed by atoms with Gasteiger partial charge in [0.25, 0.3) is 0 Å². The second-order valence-electron chi connectivity index (χ2n) is 7.24. The Morgan fingerprint density at radius 3 is 2.61 bits per heavy atom. The largest absolute Gasteiger partial charge is 0.357 e. The van der Waals surface area contributed by atoms with E-state index in [2.05, 4.69) is 37.3 Å². The highest BCUT2D eigenvalue weighted by Gasteiger charge is 2.30. The lowest BCUT2D eigenvalue weighted by Crippen LogP contribution is -2.52. The minimum atomic E-state index is 0. The molecule has 0 atom stereocenters. The fourth-order valence-electron chi connectivity index (χ4n) is 3.43. The van der Waals surface area contributed by atoms with Crippen LogP contribution in [0.25, 0.3) is 0 Å². The molecule has 28 heavy (non-hydrogen) atoms. The lowest BCUT2D eigenvalue weighted by atomic mass is 9.84. The molecular weight excluding hydrogens is 467 g/mol. The molecule has 1 aliphatic carbocycles. The molecule has 0 spiro atoms. The number of rotatable bonds is 7. The van der Waals surface area contributed by atoms with E-state index in [0.717, 1.165) is 70.3 Å². The lowest BCUT2D eigenvalue weighted by molar-refractivity contribution is -0.139.